The van der Waals surface area contributed by atoms with Gasteiger partial charge in [-0.05, 0) is 44.9 Å². The van der Waals surface area contributed by atoms with Gasteiger partial charge in [-0.2, -0.15) is 0 Å². The highest BCUT2D eigenvalue weighted by Gasteiger charge is 2.24. The monoisotopic (exact) mass is 881 g/mol. The molecule has 0 spiro atoms. The Morgan fingerprint density at radius 2 is 1.00 bits per heavy atom. The summed E-state index contributed by atoms with van der Waals surface area (Å²) in [4.78, 5) is 25.4. The van der Waals surface area contributed by atoms with Gasteiger partial charge < -0.3 is 28.8 Å². The van der Waals surface area contributed by atoms with Gasteiger partial charge in [-0.3, -0.25) is 9.36 Å². The standard InChI is InChI=1S/C52H101N2O6P/c1-6-8-10-12-14-16-18-20-21-22-23-24-25-26-27-28-29-30-31-32-34-35-37-39-41-43-45-51(55)50(49-60-61(57,58)59-48-47-54(3,4)5)53-52(56)46-44-42-40-38-36-33-19-17-15-13-11-9-7-2/h9,11,15,17,33,36,50-51,55H,6-8,10,12-14,16,18-32,34-35,37-49H2,1-5H3,(H-,53,56,57,58)/b11-9-,17-15-,36-33-. The van der Waals surface area contributed by atoms with Crippen LogP contribution in [0.4, 0.5) is 0 Å². The summed E-state index contributed by atoms with van der Waals surface area (Å²) in [5.41, 5.74) is 0. The smallest absolute Gasteiger partial charge is 0.268 e. The number of phosphoric acid groups is 1. The number of carbonyl (C=O) groups is 1. The molecule has 61 heavy (non-hydrogen) atoms. The van der Waals surface area contributed by atoms with Crippen molar-refractivity contribution in [1.29, 1.82) is 0 Å². The van der Waals surface area contributed by atoms with E-state index in [1.807, 2.05) is 21.1 Å². The summed E-state index contributed by atoms with van der Waals surface area (Å²) < 4.78 is 23.3. The number of likely N-dealkylation sites (N-methyl/N-ethyl adjacent to an activating group) is 1. The van der Waals surface area contributed by atoms with Gasteiger partial charge in [0.25, 0.3) is 7.82 Å². The maximum absolute atomic E-state index is 12.9. The second kappa shape index (κ2) is 43.9. The number of allylic oxidation sites excluding steroid dienone is 6. The first-order chi connectivity index (χ1) is 29.5. The molecule has 0 aliphatic heterocycles. The lowest BCUT2D eigenvalue weighted by atomic mass is 10.0. The van der Waals surface area contributed by atoms with Crippen molar-refractivity contribution in [2.24, 2.45) is 0 Å². The van der Waals surface area contributed by atoms with Gasteiger partial charge >= 0.3 is 0 Å². The Hall–Kier alpha value is -1.28. The average Bonchev–Trinajstić information content (AvgIpc) is 3.21. The molecule has 0 rings (SSSR count). The number of aliphatic hydroxyl groups is 1. The third-order valence-electron chi connectivity index (χ3n) is 11.6. The maximum atomic E-state index is 12.9. The van der Waals surface area contributed by atoms with Gasteiger partial charge in [0.1, 0.15) is 13.2 Å². The Balaban J connectivity index is 4.16. The van der Waals surface area contributed by atoms with Crippen molar-refractivity contribution in [2.75, 3.05) is 40.9 Å². The highest BCUT2D eigenvalue weighted by Crippen LogP contribution is 2.38. The predicted octanol–water partition coefficient (Wildman–Crippen LogP) is 14.4. The summed E-state index contributed by atoms with van der Waals surface area (Å²) >= 11 is 0. The van der Waals surface area contributed by atoms with Crippen LogP contribution in [0.25, 0.3) is 0 Å². The van der Waals surface area contributed by atoms with E-state index in [2.05, 4.69) is 55.6 Å². The molecule has 9 heteroatoms. The molecule has 0 aliphatic rings. The van der Waals surface area contributed by atoms with Crippen molar-refractivity contribution in [2.45, 2.75) is 251 Å². The molecule has 0 bridgehead atoms. The van der Waals surface area contributed by atoms with E-state index in [0.29, 0.717) is 23.9 Å². The molecule has 3 unspecified atom stereocenters. The van der Waals surface area contributed by atoms with E-state index in [4.69, 9.17) is 9.05 Å². The minimum absolute atomic E-state index is 0.00593. The number of nitrogens with one attached hydrogen (secondary N) is 1. The molecule has 3 atom stereocenters. The zero-order valence-corrected chi connectivity index (χ0v) is 41.8. The lowest BCUT2D eigenvalue weighted by molar-refractivity contribution is -0.870. The van der Waals surface area contributed by atoms with Crippen LogP contribution in [0.2, 0.25) is 0 Å². The van der Waals surface area contributed by atoms with Crippen LogP contribution < -0.4 is 10.2 Å². The van der Waals surface area contributed by atoms with Crippen molar-refractivity contribution in [3.63, 3.8) is 0 Å². The normalized spacial score (nSPS) is 14.4. The van der Waals surface area contributed by atoms with Crippen LogP contribution in [0.15, 0.2) is 36.5 Å². The minimum atomic E-state index is -4.58. The molecule has 0 fully saturated rings. The van der Waals surface area contributed by atoms with Crippen LogP contribution in [0.5, 0.6) is 0 Å². The fourth-order valence-electron chi connectivity index (χ4n) is 7.58. The molecule has 0 aliphatic carbocycles. The average molecular weight is 881 g/mol. The molecule has 0 saturated carbocycles. The molecule has 0 saturated heterocycles. The maximum Gasteiger partial charge on any atom is 0.268 e. The number of unbranched alkanes of at least 4 members (excludes halogenated alkanes) is 28. The molecular weight excluding hydrogens is 780 g/mol. The highest BCUT2D eigenvalue weighted by molar-refractivity contribution is 7.45. The van der Waals surface area contributed by atoms with Crippen molar-refractivity contribution in [3.05, 3.63) is 36.5 Å². The predicted molar refractivity (Wildman–Crippen MR) is 261 cm³/mol. The fourth-order valence-corrected chi connectivity index (χ4v) is 8.31. The summed E-state index contributed by atoms with van der Waals surface area (Å²) in [5, 5.41) is 13.9. The third kappa shape index (κ3) is 46.5. The number of amides is 1. The quantitative estimate of drug-likeness (QED) is 0.0273. The number of nitrogens with zero attached hydrogens (tertiary/aromatic N) is 1. The van der Waals surface area contributed by atoms with Crippen molar-refractivity contribution < 1.29 is 32.9 Å². The summed E-state index contributed by atoms with van der Waals surface area (Å²) in [5.74, 6) is -0.192. The van der Waals surface area contributed by atoms with Crippen LogP contribution in [0, 0.1) is 0 Å². The van der Waals surface area contributed by atoms with Gasteiger partial charge in [0.15, 0.2) is 0 Å². The Labute approximate surface area is 378 Å². The number of rotatable bonds is 47. The second-order valence-corrected chi connectivity index (χ2v) is 20.3. The lowest BCUT2D eigenvalue weighted by Gasteiger charge is -2.30. The summed E-state index contributed by atoms with van der Waals surface area (Å²) in [7, 11) is 1.29. The molecule has 8 nitrogen and oxygen atoms in total. The zero-order chi connectivity index (χ0) is 45.0. The van der Waals surface area contributed by atoms with Crippen LogP contribution in [0.3, 0.4) is 0 Å². The second-order valence-electron chi connectivity index (χ2n) is 18.9. The number of hydrogen-bond donors (Lipinski definition) is 2. The number of phosphoric ester groups is 1. The van der Waals surface area contributed by atoms with Crippen molar-refractivity contribution >= 4 is 13.7 Å². The number of carbonyl (C=O) groups excluding carboxylic acids is 1. The van der Waals surface area contributed by atoms with E-state index in [1.54, 1.807) is 0 Å². The van der Waals surface area contributed by atoms with E-state index in [9.17, 15) is 19.4 Å². The summed E-state index contributed by atoms with van der Waals surface area (Å²) in [6.07, 6.45) is 54.7. The first kappa shape index (κ1) is 59.7. The SMILES string of the molecule is CC/C=C\C/C=C\C/C=C\CCCCCC(=O)NC(COP(=O)([O-])OCC[N+](C)(C)C)C(O)CCCCCCCCCCCCCCCCCCCCCCCCCCCC. The largest absolute Gasteiger partial charge is 0.756 e. The van der Waals surface area contributed by atoms with Gasteiger partial charge in [-0.15, -0.1) is 0 Å². The molecule has 0 radical (unpaired) electrons. The van der Waals surface area contributed by atoms with Gasteiger partial charge in [0.05, 0.1) is 39.9 Å². The van der Waals surface area contributed by atoms with Crippen molar-refractivity contribution in [3.8, 4) is 0 Å². The fraction of sp³-hybridized carbons (Fsp3) is 0.865. The molecule has 0 heterocycles. The Morgan fingerprint density at radius 1 is 0.590 bits per heavy atom. The topological polar surface area (TPSA) is 108 Å². The first-order valence-corrected chi connectivity index (χ1v) is 27.3. The molecule has 0 aromatic carbocycles. The lowest BCUT2D eigenvalue weighted by Crippen LogP contribution is -2.46. The number of quaternary nitrogens is 1. The van der Waals surface area contributed by atoms with Crippen molar-refractivity contribution in [1.82, 2.24) is 5.32 Å². The molecule has 0 aromatic heterocycles. The molecule has 1 amide bonds. The molecule has 0 aromatic rings. The van der Waals surface area contributed by atoms with Crippen LogP contribution in [-0.4, -0.2) is 68.5 Å². The summed E-state index contributed by atoms with van der Waals surface area (Å²) in [6.45, 7) is 4.60. The van der Waals surface area contributed by atoms with E-state index in [1.165, 1.54) is 148 Å². The van der Waals surface area contributed by atoms with Gasteiger partial charge in [-0.1, -0.05) is 224 Å². The van der Waals surface area contributed by atoms with Crippen LogP contribution in [0.1, 0.15) is 239 Å². The number of aliphatic hydroxyl groups excluding tert-OH is 1. The van der Waals surface area contributed by atoms with E-state index in [-0.39, 0.29) is 19.1 Å². The van der Waals surface area contributed by atoms with Gasteiger partial charge in [0.2, 0.25) is 5.91 Å². The Kier molecular flexibility index (Phi) is 43.0. The first-order valence-electron chi connectivity index (χ1n) is 25.8. The molecule has 360 valence electrons. The Bertz CT molecular complexity index is 1090. The minimum Gasteiger partial charge on any atom is -0.756 e. The van der Waals surface area contributed by atoms with E-state index in [0.717, 1.165) is 64.2 Å². The van der Waals surface area contributed by atoms with E-state index >= 15 is 0 Å². The number of hydrogen-bond acceptors (Lipinski definition) is 6. The third-order valence-corrected chi connectivity index (χ3v) is 12.6. The van der Waals surface area contributed by atoms with Crippen LogP contribution in [-0.2, 0) is 18.4 Å². The van der Waals surface area contributed by atoms with Gasteiger partial charge in [-0.25, -0.2) is 0 Å². The van der Waals surface area contributed by atoms with Crippen LogP contribution >= 0.6 is 7.82 Å². The van der Waals surface area contributed by atoms with Gasteiger partial charge in [0, 0.05) is 6.42 Å². The molecule has 2 N–H and O–H groups in total. The molecular formula is C52H101N2O6P. The Morgan fingerprint density at radius 3 is 1.44 bits per heavy atom. The zero-order valence-electron chi connectivity index (χ0n) is 40.9. The van der Waals surface area contributed by atoms with E-state index < -0.39 is 20.0 Å². The summed E-state index contributed by atoms with van der Waals surface area (Å²) in [6, 6.07) is -0.815. The highest BCUT2D eigenvalue weighted by atomic mass is 31.2.